The Labute approximate surface area is 91.3 Å². The smallest absolute Gasteiger partial charge is 0.431 e. The van der Waals surface area contributed by atoms with Gasteiger partial charge in [-0.25, -0.2) is 4.79 Å². The Balaban J connectivity index is 2.11. The number of carbonyl (C=O) groups is 1. The molecule has 0 aromatic rings. The van der Waals surface area contributed by atoms with Crippen LogP contribution in [0.15, 0.2) is 0 Å². The Morgan fingerprint density at radius 1 is 1.60 bits per heavy atom. The molecule has 1 rings (SSSR count). The first-order valence-corrected chi connectivity index (χ1v) is 5.83. The fourth-order valence-electron chi connectivity index (χ4n) is 1.61. The molecule has 1 heterocycles. The maximum atomic E-state index is 11.3. The van der Waals surface area contributed by atoms with Crippen molar-refractivity contribution in [1.29, 1.82) is 0 Å². The number of unbranched alkanes of at least 4 members (excludes halogenated alkanes) is 1. The van der Waals surface area contributed by atoms with Crippen LogP contribution in [0.25, 0.3) is 0 Å². The van der Waals surface area contributed by atoms with Crippen LogP contribution in [0.2, 0.25) is 0 Å². The number of carbonyl (C=O) groups excluding carboxylic acids is 1. The van der Waals surface area contributed by atoms with E-state index in [-0.39, 0.29) is 12.3 Å². The largest absolute Gasteiger partial charge is 0.510 e. The third-order valence-corrected chi connectivity index (χ3v) is 2.52. The van der Waals surface area contributed by atoms with E-state index < -0.39 is 6.16 Å². The van der Waals surface area contributed by atoms with Crippen LogP contribution >= 0.6 is 0 Å². The minimum absolute atomic E-state index is 0.0427. The van der Waals surface area contributed by atoms with Crippen LogP contribution in [-0.2, 0) is 9.47 Å². The van der Waals surface area contributed by atoms with Gasteiger partial charge in [-0.05, 0) is 32.7 Å². The average molecular weight is 215 g/mol. The molecule has 1 aliphatic heterocycles. The molecule has 0 aromatic heterocycles. The van der Waals surface area contributed by atoms with Gasteiger partial charge in [-0.2, -0.15) is 0 Å². The predicted octanol–water partition coefficient (Wildman–Crippen LogP) is 2.43. The molecule has 88 valence electrons. The second kappa shape index (κ2) is 6.67. The highest BCUT2D eigenvalue weighted by Gasteiger charge is 2.20. The Kier molecular flexibility index (Phi) is 5.47. The molecule has 1 fully saturated rings. The van der Waals surface area contributed by atoms with Crippen molar-refractivity contribution in [3.05, 3.63) is 0 Å². The van der Waals surface area contributed by atoms with Crippen molar-refractivity contribution >= 4 is 6.16 Å². The van der Waals surface area contributed by atoms with E-state index in [4.69, 9.17) is 9.47 Å². The SMILES string of the molecule is CCCCC(C)OC(=O)OC1CCCN1. The molecule has 0 aliphatic carbocycles. The van der Waals surface area contributed by atoms with Crippen molar-refractivity contribution < 1.29 is 14.3 Å². The molecule has 0 amide bonds. The van der Waals surface area contributed by atoms with E-state index in [9.17, 15) is 4.79 Å². The molecule has 0 aromatic carbocycles. The van der Waals surface area contributed by atoms with Gasteiger partial charge in [0.15, 0.2) is 6.23 Å². The van der Waals surface area contributed by atoms with E-state index in [1.165, 1.54) is 0 Å². The number of nitrogens with one attached hydrogen (secondary N) is 1. The van der Waals surface area contributed by atoms with Crippen LogP contribution in [-0.4, -0.2) is 25.0 Å². The number of hydrogen-bond acceptors (Lipinski definition) is 4. The molecule has 1 aliphatic rings. The van der Waals surface area contributed by atoms with Gasteiger partial charge in [0.25, 0.3) is 0 Å². The molecular weight excluding hydrogens is 194 g/mol. The Morgan fingerprint density at radius 3 is 3.00 bits per heavy atom. The summed E-state index contributed by atoms with van der Waals surface area (Å²) < 4.78 is 10.2. The Hall–Kier alpha value is -0.770. The molecule has 0 bridgehead atoms. The molecule has 0 saturated carbocycles. The highest BCUT2D eigenvalue weighted by molar-refractivity contribution is 5.60. The van der Waals surface area contributed by atoms with E-state index in [2.05, 4.69) is 12.2 Å². The molecule has 1 saturated heterocycles. The summed E-state index contributed by atoms with van der Waals surface area (Å²) in [7, 11) is 0. The molecular formula is C11H21NO3. The summed E-state index contributed by atoms with van der Waals surface area (Å²) in [5.41, 5.74) is 0. The monoisotopic (exact) mass is 215 g/mol. The van der Waals surface area contributed by atoms with Gasteiger partial charge < -0.3 is 9.47 Å². The van der Waals surface area contributed by atoms with Crippen LogP contribution in [0.4, 0.5) is 4.79 Å². The zero-order valence-electron chi connectivity index (χ0n) is 9.62. The van der Waals surface area contributed by atoms with Gasteiger partial charge in [-0.3, -0.25) is 5.32 Å². The fourth-order valence-corrected chi connectivity index (χ4v) is 1.61. The van der Waals surface area contributed by atoms with Gasteiger partial charge in [0.1, 0.15) is 6.10 Å². The minimum atomic E-state index is -0.544. The lowest BCUT2D eigenvalue weighted by molar-refractivity contribution is -0.00321. The third-order valence-electron chi connectivity index (χ3n) is 2.52. The molecule has 2 atom stereocenters. The van der Waals surface area contributed by atoms with Crippen molar-refractivity contribution in [2.24, 2.45) is 0 Å². The first kappa shape index (κ1) is 12.3. The highest BCUT2D eigenvalue weighted by atomic mass is 16.7. The van der Waals surface area contributed by atoms with Crippen molar-refractivity contribution in [3.8, 4) is 0 Å². The third kappa shape index (κ3) is 5.02. The van der Waals surface area contributed by atoms with Crippen LogP contribution in [0, 0.1) is 0 Å². The fraction of sp³-hybridized carbons (Fsp3) is 0.909. The Morgan fingerprint density at radius 2 is 2.40 bits per heavy atom. The van der Waals surface area contributed by atoms with E-state index in [1.807, 2.05) is 6.92 Å². The average Bonchev–Trinajstić information content (AvgIpc) is 2.67. The summed E-state index contributed by atoms with van der Waals surface area (Å²) >= 11 is 0. The highest BCUT2D eigenvalue weighted by Crippen LogP contribution is 2.10. The Bertz CT molecular complexity index is 190. The maximum Gasteiger partial charge on any atom is 0.510 e. The summed E-state index contributed by atoms with van der Waals surface area (Å²) in [5.74, 6) is 0. The van der Waals surface area contributed by atoms with E-state index >= 15 is 0 Å². The molecule has 0 spiro atoms. The van der Waals surface area contributed by atoms with E-state index in [0.717, 1.165) is 38.6 Å². The van der Waals surface area contributed by atoms with Gasteiger partial charge in [-0.15, -0.1) is 0 Å². The van der Waals surface area contributed by atoms with Crippen molar-refractivity contribution in [2.45, 2.75) is 58.3 Å². The molecule has 1 N–H and O–H groups in total. The molecule has 0 radical (unpaired) electrons. The second-order valence-corrected chi connectivity index (χ2v) is 4.02. The van der Waals surface area contributed by atoms with Gasteiger partial charge >= 0.3 is 6.16 Å². The second-order valence-electron chi connectivity index (χ2n) is 4.02. The number of ether oxygens (including phenoxy) is 2. The lowest BCUT2D eigenvalue weighted by Crippen LogP contribution is -2.29. The quantitative estimate of drug-likeness (QED) is 0.715. The summed E-state index contributed by atoms with van der Waals surface area (Å²) in [6.07, 6.45) is 4.32. The van der Waals surface area contributed by atoms with Crippen molar-refractivity contribution in [1.82, 2.24) is 5.32 Å². The lowest BCUT2D eigenvalue weighted by atomic mass is 10.2. The summed E-state index contributed by atoms with van der Waals surface area (Å²) in [6.45, 7) is 4.94. The van der Waals surface area contributed by atoms with E-state index in [1.54, 1.807) is 0 Å². The molecule has 4 nitrogen and oxygen atoms in total. The topological polar surface area (TPSA) is 47.6 Å². The van der Waals surface area contributed by atoms with Crippen LogP contribution in [0.3, 0.4) is 0 Å². The predicted molar refractivity (Wildman–Crippen MR) is 57.6 cm³/mol. The molecule has 4 heteroatoms. The summed E-state index contributed by atoms with van der Waals surface area (Å²) in [6, 6.07) is 0. The molecule has 15 heavy (non-hydrogen) atoms. The first-order chi connectivity index (χ1) is 7.22. The minimum Gasteiger partial charge on any atom is -0.431 e. The van der Waals surface area contributed by atoms with Crippen molar-refractivity contribution in [2.75, 3.05) is 6.54 Å². The zero-order valence-corrected chi connectivity index (χ0v) is 9.62. The summed E-state index contributed by atoms with van der Waals surface area (Å²) in [5, 5.41) is 3.08. The number of hydrogen-bond donors (Lipinski definition) is 1. The standard InChI is InChI=1S/C11H21NO3/c1-3-4-6-9(2)14-11(13)15-10-7-5-8-12-10/h9-10,12H,3-8H2,1-2H3. The lowest BCUT2D eigenvalue weighted by Gasteiger charge is -2.15. The van der Waals surface area contributed by atoms with Crippen molar-refractivity contribution in [3.63, 3.8) is 0 Å². The van der Waals surface area contributed by atoms with Gasteiger partial charge in [0.2, 0.25) is 0 Å². The first-order valence-electron chi connectivity index (χ1n) is 5.83. The van der Waals surface area contributed by atoms with Gasteiger partial charge in [0.05, 0.1) is 0 Å². The summed E-state index contributed by atoms with van der Waals surface area (Å²) in [4.78, 5) is 11.3. The van der Waals surface area contributed by atoms with Crippen LogP contribution in [0.1, 0.15) is 46.0 Å². The normalized spacial score (nSPS) is 22.4. The van der Waals surface area contributed by atoms with Crippen LogP contribution < -0.4 is 5.32 Å². The number of rotatable bonds is 5. The molecule has 2 unspecified atom stereocenters. The van der Waals surface area contributed by atoms with E-state index in [0.29, 0.717) is 0 Å². The van der Waals surface area contributed by atoms with Gasteiger partial charge in [0, 0.05) is 0 Å². The van der Waals surface area contributed by atoms with Crippen LogP contribution in [0.5, 0.6) is 0 Å². The zero-order chi connectivity index (χ0) is 11.1. The van der Waals surface area contributed by atoms with Gasteiger partial charge in [-0.1, -0.05) is 19.8 Å². The maximum absolute atomic E-state index is 11.3.